The van der Waals surface area contributed by atoms with E-state index < -0.39 is 5.97 Å². The molecule has 0 bridgehead atoms. The van der Waals surface area contributed by atoms with Crippen molar-refractivity contribution in [2.45, 2.75) is 6.54 Å². The molecule has 0 aliphatic carbocycles. The number of imidazole rings is 1. The van der Waals surface area contributed by atoms with E-state index in [2.05, 4.69) is 4.98 Å². The minimum absolute atomic E-state index is 0.174. The number of nitrogens with zero attached hydrogens (tertiary/aromatic N) is 2. The highest BCUT2D eigenvalue weighted by molar-refractivity contribution is 6.32. The first-order chi connectivity index (χ1) is 7.13. The summed E-state index contributed by atoms with van der Waals surface area (Å²) in [7, 11) is 0. The fourth-order valence-electron chi connectivity index (χ4n) is 1.39. The molecule has 2 aromatic rings. The first-order valence-electron chi connectivity index (χ1n) is 4.23. The van der Waals surface area contributed by atoms with Crippen LogP contribution in [0, 0.1) is 0 Å². The summed E-state index contributed by atoms with van der Waals surface area (Å²) in [4.78, 5) is 14.8. The van der Waals surface area contributed by atoms with Crippen LogP contribution in [0.25, 0.3) is 5.52 Å². The molecule has 0 aromatic carbocycles. The van der Waals surface area contributed by atoms with Crippen molar-refractivity contribution in [1.29, 1.82) is 0 Å². The van der Waals surface area contributed by atoms with Crippen LogP contribution in [0.5, 0.6) is 0 Å². The van der Waals surface area contributed by atoms with E-state index in [0.717, 1.165) is 0 Å². The Morgan fingerprint density at radius 1 is 1.67 bits per heavy atom. The quantitative estimate of drug-likeness (QED) is 0.803. The lowest BCUT2D eigenvalue weighted by Gasteiger charge is -1.99. The van der Waals surface area contributed by atoms with Crippen molar-refractivity contribution in [2.75, 3.05) is 0 Å². The molecule has 78 valence electrons. The topological polar surface area (TPSA) is 80.6 Å². The highest BCUT2D eigenvalue weighted by Gasteiger charge is 2.10. The van der Waals surface area contributed by atoms with Crippen LogP contribution in [-0.2, 0) is 6.54 Å². The van der Waals surface area contributed by atoms with Gasteiger partial charge in [-0.05, 0) is 12.1 Å². The fraction of sp³-hybridized carbons (Fsp3) is 0.111. The largest absolute Gasteiger partial charge is 0.478 e. The lowest BCUT2D eigenvalue weighted by molar-refractivity contribution is 0.0697. The highest BCUT2D eigenvalue weighted by atomic mass is 35.5. The number of carboxylic acids is 1. The van der Waals surface area contributed by atoms with Gasteiger partial charge in [-0.25, -0.2) is 9.78 Å². The number of carbonyl (C=O) groups is 1. The molecule has 0 saturated heterocycles. The van der Waals surface area contributed by atoms with Gasteiger partial charge < -0.3 is 15.2 Å². The molecule has 15 heavy (non-hydrogen) atoms. The Balaban J connectivity index is 2.72. The van der Waals surface area contributed by atoms with Crippen molar-refractivity contribution in [2.24, 2.45) is 5.73 Å². The second-order valence-electron chi connectivity index (χ2n) is 3.00. The monoisotopic (exact) mass is 225 g/mol. The lowest BCUT2D eigenvalue weighted by Crippen LogP contribution is -2.03. The van der Waals surface area contributed by atoms with Crippen molar-refractivity contribution < 1.29 is 9.90 Å². The number of aromatic nitrogens is 2. The molecule has 0 aliphatic heterocycles. The van der Waals surface area contributed by atoms with Gasteiger partial charge >= 0.3 is 5.97 Å². The molecule has 6 heteroatoms. The third-order valence-corrected chi connectivity index (χ3v) is 2.38. The molecule has 2 rings (SSSR count). The van der Waals surface area contributed by atoms with Gasteiger partial charge in [-0.2, -0.15) is 0 Å². The van der Waals surface area contributed by atoms with Gasteiger partial charge in [0, 0.05) is 6.20 Å². The minimum Gasteiger partial charge on any atom is -0.478 e. The zero-order chi connectivity index (χ0) is 11.0. The summed E-state index contributed by atoms with van der Waals surface area (Å²) < 4.78 is 1.68. The van der Waals surface area contributed by atoms with E-state index in [0.29, 0.717) is 11.3 Å². The van der Waals surface area contributed by atoms with E-state index in [9.17, 15) is 4.79 Å². The molecule has 2 heterocycles. The van der Waals surface area contributed by atoms with Crippen LogP contribution in [0.3, 0.4) is 0 Å². The molecular formula is C9H8ClN3O2. The maximum absolute atomic E-state index is 10.7. The average molecular weight is 226 g/mol. The number of pyridine rings is 1. The number of fused-ring (bicyclic) bond motifs is 1. The molecular weight excluding hydrogens is 218 g/mol. The summed E-state index contributed by atoms with van der Waals surface area (Å²) in [5, 5.41) is 9.06. The number of nitrogens with two attached hydrogens (primary N) is 1. The molecule has 0 amide bonds. The molecule has 0 aliphatic rings. The zero-order valence-corrected chi connectivity index (χ0v) is 8.40. The predicted molar refractivity (Wildman–Crippen MR) is 55.1 cm³/mol. The van der Waals surface area contributed by atoms with Crippen molar-refractivity contribution in [3.63, 3.8) is 0 Å². The Hall–Kier alpha value is -1.59. The van der Waals surface area contributed by atoms with Crippen LogP contribution in [0.4, 0.5) is 0 Å². The molecule has 0 fully saturated rings. The van der Waals surface area contributed by atoms with E-state index >= 15 is 0 Å². The summed E-state index contributed by atoms with van der Waals surface area (Å²) in [6.45, 7) is 0.250. The molecule has 0 atom stereocenters. The van der Waals surface area contributed by atoms with Crippen molar-refractivity contribution >= 4 is 23.1 Å². The molecule has 0 saturated carbocycles. The molecule has 5 nitrogen and oxygen atoms in total. The average Bonchev–Trinajstić information content (AvgIpc) is 2.55. The molecule has 0 radical (unpaired) electrons. The van der Waals surface area contributed by atoms with Gasteiger partial charge in [-0.15, -0.1) is 0 Å². The van der Waals surface area contributed by atoms with Crippen LogP contribution >= 0.6 is 11.6 Å². The van der Waals surface area contributed by atoms with Gasteiger partial charge in [0.1, 0.15) is 5.82 Å². The normalized spacial score (nSPS) is 10.8. The Kier molecular flexibility index (Phi) is 2.34. The van der Waals surface area contributed by atoms with Crippen molar-refractivity contribution in [3.8, 4) is 0 Å². The van der Waals surface area contributed by atoms with Gasteiger partial charge in [0.05, 0.1) is 17.6 Å². The van der Waals surface area contributed by atoms with Crippen molar-refractivity contribution in [3.05, 3.63) is 34.9 Å². The van der Waals surface area contributed by atoms with Crippen molar-refractivity contribution in [1.82, 2.24) is 9.38 Å². The second-order valence-corrected chi connectivity index (χ2v) is 3.36. The fourth-order valence-corrected chi connectivity index (χ4v) is 1.63. The summed E-state index contributed by atoms with van der Waals surface area (Å²) in [6.07, 6.45) is 1.60. The van der Waals surface area contributed by atoms with Gasteiger partial charge in [0.2, 0.25) is 0 Å². The Morgan fingerprint density at radius 3 is 3.00 bits per heavy atom. The van der Waals surface area contributed by atoms with E-state index in [1.807, 2.05) is 0 Å². The maximum atomic E-state index is 10.7. The maximum Gasteiger partial charge on any atom is 0.335 e. The van der Waals surface area contributed by atoms with Gasteiger partial charge in [0.15, 0.2) is 5.15 Å². The van der Waals surface area contributed by atoms with Crippen LogP contribution in [-0.4, -0.2) is 20.5 Å². The SMILES string of the molecule is NCc1nc(Cl)c2cc(C(=O)O)ccn12. The summed E-state index contributed by atoms with van der Waals surface area (Å²) >= 11 is 5.85. The van der Waals surface area contributed by atoms with Gasteiger partial charge in [-0.3, -0.25) is 0 Å². The number of rotatable bonds is 2. The third kappa shape index (κ3) is 1.55. The molecule has 3 N–H and O–H groups in total. The lowest BCUT2D eigenvalue weighted by atomic mass is 10.2. The van der Waals surface area contributed by atoms with Crippen LogP contribution < -0.4 is 5.73 Å². The molecule has 0 spiro atoms. The van der Waals surface area contributed by atoms with E-state index in [-0.39, 0.29) is 17.3 Å². The van der Waals surface area contributed by atoms with Crippen LogP contribution in [0.1, 0.15) is 16.2 Å². The van der Waals surface area contributed by atoms with Gasteiger partial charge in [0.25, 0.3) is 0 Å². The number of halogens is 1. The highest BCUT2D eigenvalue weighted by Crippen LogP contribution is 2.19. The molecule has 2 aromatic heterocycles. The van der Waals surface area contributed by atoms with Gasteiger partial charge in [-0.1, -0.05) is 11.6 Å². The number of carboxylic acid groups (broad SMARTS) is 1. The first-order valence-corrected chi connectivity index (χ1v) is 4.61. The van der Waals surface area contributed by atoms with E-state index in [1.54, 1.807) is 10.6 Å². The Bertz CT molecular complexity index is 535. The number of hydrogen-bond donors (Lipinski definition) is 2. The third-order valence-electron chi connectivity index (χ3n) is 2.10. The van der Waals surface area contributed by atoms with Crippen LogP contribution in [0.15, 0.2) is 18.3 Å². The van der Waals surface area contributed by atoms with E-state index in [1.165, 1.54) is 12.1 Å². The second kappa shape index (κ2) is 3.52. The Labute approximate surface area is 90.1 Å². The molecule has 0 unspecified atom stereocenters. The van der Waals surface area contributed by atoms with E-state index in [4.69, 9.17) is 22.4 Å². The minimum atomic E-state index is -0.996. The summed E-state index contributed by atoms with van der Waals surface area (Å²) in [6, 6.07) is 2.95. The number of aromatic carboxylic acids is 1. The first kappa shape index (κ1) is 9.95. The number of hydrogen-bond acceptors (Lipinski definition) is 3. The predicted octanol–water partition coefficient (Wildman–Crippen LogP) is 1.14. The summed E-state index contributed by atoms with van der Waals surface area (Å²) in [5.41, 5.74) is 6.20. The zero-order valence-electron chi connectivity index (χ0n) is 7.64. The summed E-state index contributed by atoms with van der Waals surface area (Å²) in [5.74, 6) is -0.393. The Morgan fingerprint density at radius 2 is 2.40 bits per heavy atom. The standard InChI is InChI=1S/C9H8ClN3O2/c10-8-6-3-5(9(14)15)1-2-13(6)7(4-11)12-8/h1-3H,4,11H2,(H,14,15). The smallest absolute Gasteiger partial charge is 0.335 e. The van der Waals surface area contributed by atoms with Crippen LogP contribution in [0.2, 0.25) is 5.15 Å².